The number of ketones is 1. The van der Waals surface area contributed by atoms with Crippen LogP contribution < -0.4 is 9.64 Å². The molecule has 0 aromatic heterocycles. The van der Waals surface area contributed by atoms with E-state index in [2.05, 4.69) is 21.9 Å². The predicted octanol–water partition coefficient (Wildman–Crippen LogP) is 2.06. The van der Waals surface area contributed by atoms with Gasteiger partial charge in [-0.15, -0.1) is 0 Å². The van der Waals surface area contributed by atoms with Gasteiger partial charge in [-0.05, 0) is 30.7 Å². The Hall–Kier alpha value is -1.97. The third-order valence-electron chi connectivity index (χ3n) is 4.08. The molecule has 1 aliphatic carbocycles. The van der Waals surface area contributed by atoms with Crippen LogP contribution in [0.2, 0.25) is 0 Å². The summed E-state index contributed by atoms with van der Waals surface area (Å²) >= 11 is 0. The third kappa shape index (κ3) is 2.64. The van der Waals surface area contributed by atoms with Crippen molar-refractivity contribution in [2.75, 3.05) is 38.2 Å². The second-order valence-electron chi connectivity index (χ2n) is 5.27. The van der Waals surface area contributed by atoms with Crippen LogP contribution in [0.3, 0.4) is 0 Å². The number of benzene rings is 1. The van der Waals surface area contributed by atoms with Gasteiger partial charge in [0.2, 0.25) is 0 Å². The molecule has 0 atom stereocenters. The minimum absolute atomic E-state index is 0.276. The van der Waals surface area contributed by atoms with Crippen LogP contribution in [0.1, 0.15) is 12.8 Å². The Morgan fingerprint density at radius 1 is 0.950 bits per heavy atom. The molecule has 1 fully saturated rings. The second kappa shape index (κ2) is 5.57. The molecule has 20 heavy (non-hydrogen) atoms. The number of carbonyl (C=O) groups excluding carboxylic acids is 1. The Bertz CT molecular complexity index is 514. The van der Waals surface area contributed by atoms with Gasteiger partial charge < -0.3 is 14.5 Å². The quantitative estimate of drug-likeness (QED) is 0.843. The predicted molar refractivity (Wildman–Crippen MR) is 79.1 cm³/mol. The third-order valence-corrected chi connectivity index (χ3v) is 4.08. The average Bonchev–Trinajstić information content (AvgIpc) is 2.94. The lowest BCUT2D eigenvalue weighted by molar-refractivity contribution is -0.114. The molecule has 106 valence electrons. The smallest absolute Gasteiger partial charge is 0.157 e. The van der Waals surface area contributed by atoms with E-state index < -0.39 is 0 Å². The van der Waals surface area contributed by atoms with Gasteiger partial charge in [-0.25, -0.2) is 0 Å². The number of nitrogens with zero attached hydrogens (tertiary/aromatic N) is 2. The molecule has 0 bridgehead atoms. The Morgan fingerprint density at radius 3 is 2.15 bits per heavy atom. The van der Waals surface area contributed by atoms with Gasteiger partial charge in [0.25, 0.3) is 0 Å². The summed E-state index contributed by atoms with van der Waals surface area (Å²) in [6.07, 6.45) is 3.43. The number of rotatable bonds is 3. The van der Waals surface area contributed by atoms with E-state index in [0.29, 0.717) is 6.42 Å². The number of carbonyl (C=O) groups is 1. The molecule has 2 aliphatic rings. The molecule has 1 aromatic carbocycles. The van der Waals surface area contributed by atoms with Gasteiger partial charge in [0.05, 0.1) is 7.11 Å². The largest absolute Gasteiger partial charge is 0.497 e. The number of allylic oxidation sites excluding steroid dienone is 2. The van der Waals surface area contributed by atoms with E-state index in [0.717, 1.165) is 38.3 Å². The Kier molecular flexibility index (Phi) is 3.63. The van der Waals surface area contributed by atoms with Crippen LogP contribution in [0.25, 0.3) is 0 Å². The van der Waals surface area contributed by atoms with Crippen molar-refractivity contribution >= 4 is 11.5 Å². The summed E-state index contributed by atoms with van der Waals surface area (Å²) in [4.78, 5) is 16.1. The SMILES string of the molecule is COc1ccc(N2CCN(C3=CC(=O)CC3)CC2)cc1. The molecule has 0 unspecified atom stereocenters. The first-order chi connectivity index (χ1) is 9.76. The molecule has 1 aliphatic heterocycles. The molecular weight excluding hydrogens is 252 g/mol. The van der Waals surface area contributed by atoms with Gasteiger partial charge in [-0.3, -0.25) is 4.79 Å². The van der Waals surface area contributed by atoms with Gasteiger partial charge >= 0.3 is 0 Å². The van der Waals surface area contributed by atoms with Crippen LogP contribution in [-0.2, 0) is 4.79 Å². The molecule has 1 heterocycles. The van der Waals surface area contributed by atoms with Crippen LogP contribution in [-0.4, -0.2) is 44.0 Å². The maximum atomic E-state index is 11.3. The number of ether oxygens (including phenoxy) is 1. The number of anilines is 1. The van der Waals surface area contributed by atoms with Crippen LogP contribution in [0.15, 0.2) is 36.0 Å². The molecule has 0 radical (unpaired) electrons. The molecule has 0 spiro atoms. The molecule has 1 aromatic rings. The fourth-order valence-corrected chi connectivity index (χ4v) is 2.88. The normalized spacial score (nSPS) is 19.2. The minimum atomic E-state index is 0.276. The van der Waals surface area contributed by atoms with Crippen molar-refractivity contribution in [1.82, 2.24) is 4.90 Å². The highest BCUT2D eigenvalue weighted by atomic mass is 16.5. The molecular formula is C16H20N2O2. The van der Waals surface area contributed by atoms with Gasteiger partial charge in [-0.1, -0.05) is 0 Å². The zero-order valence-electron chi connectivity index (χ0n) is 11.8. The molecule has 0 amide bonds. The van der Waals surface area contributed by atoms with E-state index in [1.54, 1.807) is 7.11 Å². The van der Waals surface area contributed by atoms with Crippen molar-refractivity contribution in [3.63, 3.8) is 0 Å². The van der Waals surface area contributed by atoms with Crippen LogP contribution in [0, 0.1) is 0 Å². The first-order valence-corrected chi connectivity index (χ1v) is 7.13. The van der Waals surface area contributed by atoms with Crippen molar-refractivity contribution in [3.8, 4) is 5.75 Å². The van der Waals surface area contributed by atoms with Crippen LogP contribution in [0.4, 0.5) is 5.69 Å². The van der Waals surface area contributed by atoms with Gasteiger partial charge in [0.15, 0.2) is 5.78 Å². The Balaban J connectivity index is 1.60. The van der Waals surface area contributed by atoms with Crippen molar-refractivity contribution in [2.24, 2.45) is 0 Å². The molecule has 4 nitrogen and oxygen atoms in total. The van der Waals surface area contributed by atoms with E-state index >= 15 is 0 Å². The molecule has 3 rings (SSSR count). The van der Waals surface area contributed by atoms with Gasteiger partial charge in [-0.2, -0.15) is 0 Å². The molecule has 1 saturated heterocycles. The first kappa shape index (κ1) is 13.0. The maximum Gasteiger partial charge on any atom is 0.157 e. The summed E-state index contributed by atoms with van der Waals surface area (Å²) in [7, 11) is 1.68. The summed E-state index contributed by atoms with van der Waals surface area (Å²) in [6.45, 7) is 3.98. The molecule has 0 saturated carbocycles. The number of hydrogen-bond acceptors (Lipinski definition) is 4. The first-order valence-electron chi connectivity index (χ1n) is 7.13. The number of methoxy groups -OCH3 is 1. The number of piperazine rings is 1. The van der Waals surface area contributed by atoms with E-state index in [9.17, 15) is 4.79 Å². The fourth-order valence-electron chi connectivity index (χ4n) is 2.88. The van der Waals surface area contributed by atoms with E-state index in [-0.39, 0.29) is 5.78 Å². The molecule has 4 heteroatoms. The fraction of sp³-hybridized carbons (Fsp3) is 0.438. The van der Waals surface area contributed by atoms with Crippen molar-refractivity contribution in [1.29, 1.82) is 0 Å². The lowest BCUT2D eigenvalue weighted by atomic mass is 10.2. The topological polar surface area (TPSA) is 32.8 Å². The van der Waals surface area contributed by atoms with E-state index in [1.807, 2.05) is 18.2 Å². The summed E-state index contributed by atoms with van der Waals surface area (Å²) < 4.78 is 5.18. The van der Waals surface area contributed by atoms with Crippen LogP contribution in [0.5, 0.6) is 5.75 Å². The van der Waals surface area contributed by atoms with E-state index in [1.165, 1.54) is 11.4 Å². The average molecular weight is 272 g/mol. The summed E-state index contributed by atoms with van der Waals surface area (Å²) in [5.41, 5.74) is 2.46. The summed E-state index contributed by atoms with van der Waals surface area (Å²) in [5.74, 6) is 1.17. The van der Waals surface area contributed by atoms with Crippen molar-refractivity contribution in [2.45, 2.75) is 12.8 Å². The van der Waals surface area contributed by atoms with Gasteiger partial charge in [0.1, 0.15) is 5.75 Å². The van der Waals surface area contributed by atoms with Crippen LogP contribution >= 0.6 is 0 Å². The monoisotopic (exact) mass is 272 g/mol. The zero-order chi connectivity index (χ0) is 13.9. The summed E-state index contributed by atoms with van der Waals surface area (Å²) in [5, 5.41) is 0. The van der Waals surface area contributed by atoms with Gasteiger partial charge in [0, 0.05) is 50.1 Å². The standard InChI is InChI=1S/C16H20N2O2/c1-20-16-6-3-13(4-7-16)17-8-10-18(11-9-17)14-2-5-15(19)12-14/h3-4,6-7,12H,2,5,8-11H2,1H3. The Morgan fingerprint density at radius 2 is 1.60 bits per heavy atom. The lowest BCUT2D eigenvalue weighted by Crippen LogP contribution is -2.45. The Labute approximate surface area is 119 Å². The van der Waals surface area contributed by atoms with Crippen molar-refractivity contribution < 1.29 is 9.53 Å². The maximum absolute atomic E-state index is 11.3. The van der Waals surface area contributed by atoms with Crippen molar-refractivity contribution in [3.05, 3.63) is 36.0 Å². The zero-order valence-corrected chi connectivity index (χ0v) is 11.8. The highest BCUT2D eigenvalue weighted by molar-refractivity contribution is 5.92. The number of hydrogen-bond donors (Lipinski definition) is 0. The highest BCUT2D eigenvalue weighted by Crippen LogP contribution is 2.24. The highest BCUT2D eigenvalue weighted by Gasteiger charge is 2.22. The summed E-state index contributed by atoms with van der Waals surface area (Å²) in [6, 6.07) is 8.21. The lowest BCUT2D eigenvalue weighted by Gasteiger charge is -2.38. The molecule has 0 N–H and O–H groups in total. The van der Waals surface area contributed by atoms with E-state index in [4.69, 9.17) is 4.74 Å². The minimum Gasteiger partial charge on any atom is -0.497 e. The second-order valence-corrected chi connectivity index (χ2v) is 5.27.